The van der Waals surface area contributed by atoms with E-state index in [0.717, 1.165) is 17.8 Å². The van der Waals surface area contributed by atoms with E-state index in [9.17, 15) is 0 Å². The van der Waals surface area contributed by atoms with Crippen LogP contribution >= 0.6 is 0 Å². The summed E-state index contributed by atoms with van der Waals surface area (Å²) in [5.74, 6) is 2.83. The SMILES string of the molecule is CCCC(=C(C)C)C1CC1C(C)C. The molecule has 0 aromatic carbocycles. The highest BCUT2D eigenvalue weighted by atomic mass is 14.5. The third-order valence-electron chi connectivity index (χ3n) is 3.31. The van der Waals surface area contributed by atoms with Crippen LogP contribution in [0, 0.1) is 17.8 Å². The van der Waals surface area contributed by atoms with E-state index >= 15 is 0 Å². The normalized spacial score (nSPS) is 26.3. The Morgan fingerprint density at radius 2 is 1.92 bits per heavy atom. The minimum absolute atomic E-state index is 0.885. The van der Waals surface area contributed by atoms with Gasteiger partial charge in [0.2, 0.25) is 0 Å². The van der Waals surface area contributed by atoms with Gasteiger partial charge in [0.25, 0.3) is 0 Å². The summed E-state index contributed by atoms with van der Waals surface area (Å²) in [6.45, 7) is 11.6. The van der Waals surface area contributed by atoms with Crippen LogP contribution in [0.2, 0.25) is 0 Å². The Morgan fingerprint density at radius 3 is 2.23 bits per heavy atom. The highest BCUT2D eigenvalue weighted by molar-refractivity contribution is 5.20. The standard InChI is InChI=1S/C13H24/c1-6-7-11(9(2)3)13-8-12(13)10(4)5/h10,12-13H,6-8H2,1-5H3. The fourth-order valence-electron chi connectivity index (χ4n) is 2.43. The monoisotopic (exact) mass is 180 g/mol. The summed E-state index contributed by atoms with van der Waals surface area (Å²) in [4.78, 5) is 0. The van der Waals surface area contributed by atoms with Gasteiger partial charge < -0.3 is 0 Å². The summed E-state index contributed by atoms with van der Waals surface area (Å²) in [7, 11) is 0. The third kappa shape index (κ3) is 2.59. The van der Waals surface area contributed by atoms with Crippen LogP contribution in [0.3, 0.4) is 0 Å². The van der Waals surface area contributed by atoms with E-state index in [-0.39, 0.29) is 0 Å². The number of hydrogen-bond donors (Lipinski definition) is 0. The molecule has 0 aromatic rings. The van der Waals surface area contributed by atoms with Gasteiger partial charge in [0, 0.05) is 0 Å². The van der Waals surface area contributed by atoms with Gasteiger partial charge in [-0.25, -0.2) is 0 Å². The topological polar surface area (TPSA) is 0 Å². The summed E-state index contributed by atoms with van der Waals surface area (Å²) >= 11 is 0. The van der Waals surface area contributed by atoms with Gasteiger partial charge in [-0.1, -0.05) is 38.3 Å². The fraction of sp³-hybridized carbons (Fsp3) is 0.846. The van der Waals surface area contributed by atoms with Gasteiger partial charge in [-0.3, -0.25) is 0 Å². The van der Waals surface area contributed by atoms with Crippen LogP contribution in [0.15, 0.2) is 11.1 Å². The summed E-state index contributed by atoms with van der Waals surface area (Å²) < 4.78 is 0. The highest BCUT2D eigenvalue weighted by Crippen LogP contribution is 2.50. The van der Waals surface area contributed by atoms with E-state index in [0.29, 0.717) is 0 Å². The van der Waals surface area contributed by atoms with Gasteiger partial charge in [-0.2, -0.15) is 0 Å². The second-order valence-corrected chi connectivity index (χ2v) is 5.03. The van der Waals surface area contributed by atoms with Crippen molar-refractivity contribution in [2.75, 3.05) is 0 Å². The second-order valence-electron chi connectivity index (χ2n) is 5.03. The molecule has 0 nitrogen and oxygen atoms in total. The van der Waals surface area contributed by atoms with Gasteiger partial charge in [-0.05, 0) is 44.4 Å². The van der Waals surface area contributed by atoms with E-state index in [1.54, 1.807) is 11.1 Å². The van der Waals surface area contributed by atoms with Crippen molar-refractivity contribution in [1.82, 2.24) is 0 Å². The molecule has 1 rings (SSSR count). The van der Waals surface area contributed by atoms with Crippen LogP contribution in [-0.4, -0.2) is 0 Å². The van der Waals surface area contributed by atoms with Crippen LogP contribution in [-0.2, 0) is 0 Å². The molecule has 0 aliphatic heterocycles. The molecule has 0 N–H and O–H groups in total. The lowest BCUT2D eigenvalue weighted by Crippen LogP contribution is -1.97. The molecular weight excluding hydrogens is 156 g/mol. The van der Waals surface area contributed by atoms with Crippen molar-refractivity contribution in [3.8, 4) is 0 Å². The first-order valence-electron chi connectivity index (χ1n) is 5.74. The van der Waals surface area contributed by atoms with E-state index in [1.165, 1.54) is 19.3 Å². The van der Waals surface area contributed by atoms with Crippen molar-refractivity contribution in [2.24, 2.45) is 17.8 Å². The number of hydrogen-bond acceptors (Lipinski definition) is 0. The van der Waals surface area contributed by atoms with Crippen molar-refractivity contribution in [3.63, 3.8) is 0 Å². The molecule has 0 aromatic heterocycles. The Balaban J connectivity index is 2.56. The second kappa shape index (κ2) is 4.30. The zero-order valence-corrected chi connectivity index (χ0v) is 9.85. The molecule has 1 aliphatic rings. The van der Waals surface area contributed by atoms with Crippen molar-refractivity contribution in [2.45, 2.75) is 53.9 Å². The first-order valence-corrected chi connectivity index (χ1v) is 5.74. The number of allylic oxidation sites excluding steroid dienone is 2. The Bertz CT molecular complexity index is 194. The summed E-state index contributed by atoms with van der Waals surface area (Å²) in [6.07, 6.45) is 4.09. The Hall–Kier alpha value is -0.260. The molecule has 0 saturated heterocycles. The lowest BCUT2D eigenvalue weighted by atomic mass is 9.96. The largest absolute Gasteiger partial charge is 0.0769 e. The van der Waals surface area contributed by atoms with E-state index in [2.05, 4.69) is 34.6 Å². The molecule has 0 amide bonds. The lowest BCUT2D eigenvalue weighted by Gasteiger charge is -2.10. The van der Waals surface area contributed by atoms with Crippen LogP contribution < -0.4 is 0 Å². The van der Waals surface area contributed by atoms with Gasteiger partial charge >= 0.3 is 0 Å². The summed E-state index contributed by atoms with van der Waals surface area (Å²) in [5.41, 5.74) is 3.34. The molecule has 0 heterocycles. The lowest BCUT2D eigenvalue weighted by molar-refractivity contribution is 0.530. The minimum Gasteiger partial charge on any atom is -0.0769 e. The van der Waals surface area contributed by atoms with E-state index in [1.807, 2.05) is 0 Å². The van der Waals surface area contributed by atoms with Crippen LogP contribution in [0.4, 0.5) is 0 Å². The molecule has 0 spiro atoms. The van der Waals surface area contributed by atoms with Crippen molar-refractivity contribution >= 4 is 0 Å². The zero-order chi connectivity index (χ0) is 10.0. The number of rotatable bonds is 4. The predicted molar refractivity (Wildman–Crippen MR) is 59.7 cm³/mol. The van der Waals surface area contributed by atoms with Crippen LogP contribution in [0.5, 0.6) is 0 Å². The zero-order valence-electron chi connectivity index (χ0n) is 9.85. The maximum Gasteiger partial charge on any atom is -0.0167 e. The molecule has 76 valence electrons. The average Bonchev–Trinajstić information content (AvgIpc) is 2.78. The molecule has 1 fully saturated rings. The molecule has 0 bridgehead atoms. The molecule has 1 saturated carbocycles. The summed E-state index contributed by atoms with van der Waals surface area (Å²) in [6, 6.07) is 0. The van der Waals surface area contributed by atoms with Crippen LogP contribution in [0.25, 0.3) is 0 Å². The maximum atomic E-state index is 2.36. The Labute approximate surface area is 83.4 Å². The Morgan fingerprint density at radius 1 is 1.31 bits per heavy atom. The molecule has 1 aliphatic carbocycles. The van der Waals surface area contributed by atoms with E-state index < -0.39 is 0 Å². The highest BCUT2D eigenvalue weighted by Gasteiger charge is 2.41. The molecule has 2 unspecified atom stereocenters. The van der Waals surface area contributed by atoms with Crippen molar-refractivity contribution in [3.05, 3.63) is 11.1 Å². The first kappa shape index (κ1) is 10.8. The third-order valence-corrected chi connectivity index (χ3v) is 3.31. The van der Waals surface area contributed by atoms with Crippen molar-refractivity contribution in [1.29, 1.82) is 0 Å². The first-order chi connectivity index (χ1) is 6.07. The Kier molecular flexibility index (Phi) is 3.58. The minimum atomic E-state index is 0.885. The maximum absolute atomic E-state index is 2.36. The molecule has 0 heteroatoms. The summed E-state index contributed by atoms with van der Waals surface area (Å²) in [5, 5.41) is 0. The molecule has 0 radical (unpaired) electrons. The smallest absolute Gasteiger partial charge is 0.0167 e. The van der Waals surface area contributed by atoms with Gasteiger partial charge in [0.15, 0.2) is 0 Å². The van der Waals surface area contributed by atoms with Gasteiger partial charge in [0.05, 0.1) is 0 Å². The quantitative estimate of drug-likeness (QED) is 0.562. The van der Waals surface area contributed by atoms with E-state index in [4.69, 9.17) is 0 Å². The van der Waals surface area contributed by atoms with Gasteiger partial charge in [-0.15, -0.1) is 0 Å². The fourth-order valence-corrected chi connectivity index (χ4v) is 2.43. The predicted octanol–water partition coefficient (Wildman–Crippen LogP) is 4.42. The molecule has 2 atom stereocenters. The average molecular weight is 180 g/mol. The van der Waals surface area contributed by atoms with Gasteiger partial charge in [0.1, 0.15) is 0 Å². The van der Waals surface area contributed by atoms with Crippen molar-refractivity contribution < 1.29 is 0 Å². The molecular formula is C13H24. The molecule has 13 heavy (non-hydrogen) atoms. The van der Waals surface area contributed by atoms with Crippen LogP contribution in [0.1, 0.15) is 53.9 Å².